The third-order valence-corrected chi connectivity index (χ3v) is 4.44. The molecule has 132 valence electrons. The van der Waals surface area contributed by atoms with E-state index in [1.54, 1.807) is 6.92 Å². The molecule has 2 aromatic heterocycles. The van der Waals surface area contributed by atoms with Gasteiger partial charge in [-0.25, -0.2) is 13.8 Å². The number of thiazole rings is 1. The maximum absolute atomic E-state index is 12.9. The molecule has 1 amide bonds. The van der Waals surface area contributed by atoms with Crippen molar-refractivity contribution in [2.75, 3.05) is 6.54 Å². The molecular formula is C17H13FN4O3S. The van der Waals surface area contributed by atoms with Gasteiger partial charge in [0.05, 0.1) is 11.8 Å². The van der Waals surface area contributed by atoms with Crippen molar-refractivity contribution >= 4 is 22.2 Å². The lowest BCUT2D eigenvalue weighted by atomic mass is 10.3. The SMILES string of the molecule is Cc1sc2nc(COc3ccc(F)cc3)cc(=O)n2c1C(=O)NCC#N. The number of hydrogen-bond donors (Lipinski definition) is 1. The predicted molar refractivity (Wildman–Crippen MR) is 92.8 cm³/mol. The van der Waals surface area contributed by atoms with Crippen molar-refractivity contribution in [3.8, 4) is 11.8 Å². The van der Waals surface area contributed by atoms with Crippen LogP contribution in [0.4, 0.5) is 4.39 Å². The van der Waals surface area contributed by atoms with Crippen molar-refractivity contribution in [2.45, 2.75) is 13.5 Å². The van der Waals surface area contributed by atoms with Crippen LogP contribution in [0.15, 0.2) is 35.1 Å². The summed E-state index contributed by atoms with van der Waals surface area (Å²) in [7, 11) is 0. The van der Waals surface area contributed by atoms with Crippen LogP contribution >= 0.6 is 11.3 Å². The number of halogens is 1. The molecule has 9 heteroatoms. The third-order valence-electron chi connectivity index (χ3n) is 3.49. The highest BCUT2D eigenvalue weighted by molar-refractivity contribution is 7.17. The maximum atomic E-state index is 12.9. The molecule has 0 saturated carbocycles. The molecule has 0 saturated heterocycles. The average molecular weight is 372 g/mol. The summed E-state index contributed by atoms with van der Waals surface area (Å²) in [5, 5.41) is 11.0. The molecule has 2 heterocycles. The number of fused-ring (bicyclic) bond motifs is 1. The molecule has 26 heavy (non-hydrogen) atoms. The Kier molecular flexibility index (Phi) is 4.95. The molecular weight excluding hydrogens is 359 g/mol. The molecule has 0 bridgehead atoms. The Morgan fingerprint density at radius 3 is 2.85 bits per heavy atom. The van der Waals surface area contributed by atoms with Gasteiger partial charge in [0.2, 0.25) is 0 Å². The second kappa shape index (κ2) is 7.33. The predicted octanol–water partition coefficient (Wildman–Crippen LogP) is 2.04. The summed E-state index contributed by atoms with van der Waals surface area (Å²) < 4.78 is 19.6. The van der Waals surface area contributed by atoms with Crippen LogP contribution in [-0.4, -0.2) is 21.8 Å². The minimum absolute atomic E-state index is 0.0320. The normalized spacial score (nSPS) is 10.5. The number of nitrogens with zero attached hydrogens (tertiary/aromatic N) is 3. The zero-order valence-corrected chi connectivity index (χ0v) is 14.5. The number of nitriles is 1. The molecule has 0 aliphatic heterocycles. The molecule has 1 N–H and O–H groups in total. The number of carbonyl (C=O) groups is 1. The number of aromatic nitrogens is 2. The van der Waals surface area contributed by atoms with Gasteiger partial charge in [-0.15, -0.1) is 11.3 Å². The second-order valence-corrected chi connectivity index (χ2v) is 6.48. The molecule has 0 spiro atoms. The Balaban J connectivity index is 1.89. The highest BCUT2D eigenvalue weighted by Crippen LogP contribution is 2.20. The van der Waals surface area contributed by atoms with Crippen LogP contribution in [0.1, 0.15) is 21.1 Å². The van der Waals surface area contributed by atoms with Gasteiger partial charge in [0.25, 0.3) is 11.5 Å². The molecule has 7 nitrogen and oxygen atoms in total. The molecule has 0 fully saturated rings. The van der Waals surface area contributed by atoms with Crippen molar-refractivity contribution in [3.63, 3.8) is 0 Å². The second-order valence-electron chi connectivity index (χ2n) is 5.29. The Hall–Kier alpha value is -3.25. The topological polar surface area (TPSA) is 96.5 Å². The molecule has 3 rings (SSSR count). The summed E-state index contributed by atoms with van der Waals surface area (Å²) in [5.41, 5.74) is 0.146. The van der Waals surface area contributed by atoms with E-state index in [9.17, 15) is 14.0 Å². The number of benzene rings is 1. The van der Waals surface area contributed by atoms with Gasteiger partial charge in [-0.1, -0.05) is 0 Å². The van der Waals surface area contributed by atoms with Crippen molar-refractivity contribution in [1.29, 1.82) is 5.26 Å². The fourth-order valence-corrected chi connectivity index (χ4v) is 3.34. The first-order chi connectivity index (χ1) is 12.5. The van der Waals surface area contributed by atoms with Crippen LogP contribution in [-0.2, 0) is 6.61 Å². The fourth-order valence-electron chi connectivity index (χ4n) is 2.35. The van der Waals surface area contributed by atoms with Gasteiger partial charge in [-0.2, -0.15) is 5.26 Å². The highest BCUT2D eigenvalue weighted by atomic mass is 32.1. The van der Waals surface area contributed by atoms with Gasteiger partial charge in [0, 0.05) is 10.9 Å². The standard InChI is InChI=1S/C17H13FN4O3S/c1-10-15(16(24)20-7-6-19)22-14(23)8-12(21-17(22)26-10)9-25-13-4-2-11(18)3-5-13/h2-5,8H,7,9H2,1H3,(H,20,24). The monoisotopic (exact) mass is 372 g/mol. The number of amides is 1. The number of ether oxygens (including phenoxy) is 1. The first-order valence-corrected chi connectivity index (χ1v) is 8.37. The van der Waals surface area contributed by atoms with Crippen LogP contribution in [0.5, 0.6) is 5.75 Å². The lowest BCUT2D eigenvalue weighted by Crippen LogP contribution is -2.28. The molecule has 1 aromatic carbocycles. The average Bonchev–Trinajstić information content (AvgIpc) is 2.95. The van der Waals surface area contributed by atoms with Gasteiger partial charge >= 0.3 is 0 Å². The lowest BCUT2D eigenvalue weighted by Gasteiger charge is -2.06. The van der Waals surface area contributed by atoms with Gasteiger partial charge in [-0.05, 0) is 31.2 Å². The van der Waals surface area contributed by atoms with E-state index in [2.05, 4.69) is 10.3 Å². The summed E-state index contributed by atoms with van der Waals surface area (Å²) in [6.45, 7) is 1.58. The zero-order chi connectivity index (χ0) is 18.7. The minimum Gasteiger partial charge on any atom is -0.487 e. The zero-order valence-electron chi connectivity index (χ0n) is 13.7. The van der Waals surface area contributed by atoms with Crippen LogP contribution in [0, 0.1) is 24.1 Å². The van der Waals surface area contributed by atoms with E-state index in [1.807, 2.05) is 6.07 Å². The molecule has 0 atom stereocenters. The van der Waals surface area contributed by atoms with Crippen molar-refractivity contribution in [3.05, 3.63) is 62.8 Å². The molecule has 0 aliphatic carbocycles. The fraction of sp³-hybridized carbons (Fsp3) is 0.176. The Bertz CT molecular complexity index is 1070. The Morgan fingerprint density at radius 1 is 1.42 bits per heavy atom. The van der Waals surface area contributed by atoms with E-state index in [-0.39, 0.29) is 24.7 Å². The van der Waals surface area contributed by atoms with E-state index in [0.717, 1.165) is 0 Å². The van der Waals surface area contributed by atoms with Gasteiger partial charge in [0.1, 0.15) is 30.4 Å². The summed E-state index contributed by atoms with van der Waals surface area (Å²) in [4.78, 5) is 29.9. The van der Waals surface area contributed by atoms with Gasteiger partial charge < -0.3 is 10.1 Å². The number of carbonyl (C=O) groups excluding carboxylic acids is 1. The van der Waals surface area contributed by atoms with E-state index in [4.69, 9.17) is 10.00 Å². The molecule has 0 unspecified atom stereocenters. The summed E-state index contributed by atoms with van der Waals surface area (Å²) in [5.74, 6) is -0.423. The lowest BCUT2D eigenvalue weighted by molar-refractivity contribution is 0.0952. The number of nitrogens with one attached hydrogen (secondary N) is 1. The Labute approximate surface area is 151 Å². The van der Waals surface area contributed by atoms with E-state index in [1.165, 1.54) is 46.1 Å². The van der Waals surface area contributed by atoms with E-state index >= 15 is 0 Å². The van der Waals surface area contributed by atoms with Crippen LogP contribution in [0.3, 0.4) is 0 Å². The first kappa shape index (κ1) is 17.6. The van der Waals surface area contributed by atoms with Crippen molar-refractivity contribution < 1.29 is 13.9 Å². The molecule has 3 aromatic rings. The summed E-state index contributed by atoms with van der Waals surface area (Å²) in [6, 6.07) is 8.60. The maximum Gasteiger partial charge on any atom is 0.270 e. The number of rotatable bonds is 5. The van der Waals surface area contributed by atoms with Crippen molar-refractivity contribution in [2.24, 2.45) is 0 Å². The first-order valence-electron chi connectivity index (χ1n) is 7.55. The number of hydrogen-bond acceptors (Lipinski definition) is 6. The highest BCUT2D eigenvalue weighted by Gasteiger charge is 2.19. The summed E-state index contributed by atoms with van der Waals surface area (Å²) >= 11 is 1.20. The van der Waals surface area contributed by atoms with Gasteiger partial charge in [-0.3, -0.25) is 9.59 Å². The smallest absolute Gasteiger partial charge is 0.270 e. The van der Waals surface area contributed by atoms with Crippen LogP contribution in [0.2, 0.25) is 0 Å². The number of aryl methyl sites for hydroxylation is 1. The minimum atomic E-state index is -0.505. The molecule has 0 radical (unpaired) electrons. The third kappa shape index (κ3) is 3.55. The van der Waals surface area contributed by atoms with Gasteiger partial charge in [0.15, 0.2) is 4.96 Å². The van der Waals surface area contributed by atoms with Crippen LogP contribution in [0.25, 0.3) is 4.96 Å². The quantitative estimate of drug-likeness (QED) is 0.692. The van der Waals surface area contributed by atoms with Crippen molar-refractivity contribution in [1.82, 2.24) is 14.7 Å². The van der Waals surface area contributed by atoms with Crippen LogP contribution < -0.4 is 15.6 Å². The summed E-state index contributed by atoms with van der Waals surface area (Å²) in [6.07, 6.45) is 0. The largest absolute Gasteiger partial charge is 0.487 e. The Morgan fingerprint density at radius 2 is 2.15 bits per heavy atom. The molecule has 0 aliphatic rings. The van der Waals surface area contributed by atoms with E-state index in [0.29, 0.717) is 21.3 Å². The van der Waals surface area contributed by atoms with E-state index < -0.39 is 11.5 Å².